The van der Waals surface area contributed by atoms with Crippen molar-refractivity contribution in [2.45, 2.75) is 38.5 Å². The largest absolute Gasteiger partial charge is 0.233 e. The Kier molecular flexibility index (Phi) is 2.35. The Bertz CT molecular complexity index is 275. The van der Waals surface area contributed by atoms with Gasteiger partial charge in [0.15, 0.2) is 0 Å². The molecular formula is C9H15ClO2S. The van der Waals surface area contributed by atoms with Gasteiger partial charge in [0.25, 0.3) is 0 Å². The van der Waals surface area contributed by atoms with Gasteiger partial charge in [-0.25, -0.2) is 8.42 Å². The van der Waals surface area contributed by atoms with Gasteiger partial charge in [-0.2, -0.15) is 0 Å². The maximum Gasteiger partial charge on any atom is 0.233 e. The number of rotatable bonds is 2. The molecule has 13 heavy (non-hydrogen) atoms. The minimum absolute atomic E-state index is 0.0509. The number of fused-ring (bicyclic) bond motifs is 3. The zero-order valence-corrected chi connectivity index (χ0v) is 9.20. The van der Waals surface area contributed by atoms with Crippen LogP contribution in [0.2, 0.25) is 0 Å². The Balaban J connectivity index is 2.11. The van der Waals surface area contributed by atoms with Crippen LogP contribution in [0.25, 0.3) is 0 Å². The topological polar surface area (TPSA) is 34.1 Å². The first-order valence-corrected chi connectivity index (χ1v) is 7.39. The molecule has 0 atom stereocenters. The summed E-state index contributed by atoms with van der Waals surface area (Å²) in [6.07, 6.45) is 6.86. The highest BCUT2D eigenvalue weighted by Crippen LogP contribution is 2.51. The van der Waals surface area contributed by atoms with Gasteiger partial charge >= 0.3 is 0 Å². The van der Waals surface area contributed by atoms with Gasteiger partial charge in [-0.05, 0) is 49.9 Å². The smallest absolute Gasteiger partial charge is 0.212 e. The summed E-state index contributed by atoms with van der Waals surface area (Å²) in [7, 11) is 2.03. The van der Waals surface area contributed by atoms with E-state index in [0.717, 1.165) is 25.2 Å². The van der Waals surface area contributed by atoms with Gasteiger partial charge in [0, 0.05) is 10.7 Å². The maximum atomic E-state index is 11.0. The second-order valence-corrected chi connectivity index (χ2v) is 7.44. The van der Waals surface area contributed by atoms with E-state index in [4.69, 9.17) is 10.7 Å². The zero-order chi connectivity index (χ0) is 9.53. The van der Waals surface area contributed by atoms with Crippen molar-refractivity contribution in [3.63, 3.8) is 0 Å². The standard InChI is InChI=1S/C9H15ClO2S/c10-13(11,12)7-9-4-1-8(2-5-9)3-6-9/h8H,1-7H2. The van der Waals surface area contributed by atoms with Crippen molar-refractivity contribution in [1.29, 1.82) is 0 Å². The molecule has 3 aliphatic carbocycles. The van der Waals surface area contributed by atoms with E-state index >= 15 is 0 Å². The highest BCUT2D eigenvalue weighted by Gasteiger charge is 2.42. The summed E-state index contributed by atoms with van der Waals surface area (Å²) in [6, 6.07) is 0. The second-order valence-electron chi connectivity index (χ2n) is 4.67. The van der Waals surface area contributed by atoms with Crippen LogP contribution in [-0.4, -0.2) is 14.2 Å². The summed E-state index contributed by atoms with van der Waals surface area (Å²) in [5.41, 5.74) is 0.0509. The quantitative estimate of drug-likeness (QED) is 0.673. The van der Waals surface area contributed by atoms with E-state index in [1.165, 1.54) is 19.3 Å². The molecule has 0 spiro atoms. The molecule has 3 fully saturated rings. The van der Waals surface area contributed by atoms with Crippen molar-refractivity contribution in [2.24, 2.45) is 11.3 Å². The van der Waals surface area contributed by atoms with Crippen LogP contribution in [0.1, 0.15) is 38.5 Å². The fraction of sp³-hybridized carbons (Fsp3) is 1.00. The maximum absolute atomic E-state index is 11.0. The molecule has 76 valence electrons. The fourth-order valence-electron chi connectivity index (χ4n) is 2.92. The van der Waals surface area contributed by atoms with E-state index in [-0.39, 0.29) is 11.2 Å². The van der Waals surface area contributed by atoms with Gasteiger partial charge < -0.3 is 0 Å². The normalized spacial score (nSPS) is 39.3. The van der Waals surface area contributed by atoms with E-state index < -0.39 is 9.05 Å². The van der Waals surface area contributed by atoms with Crippen LogP contribution in [0.5, 0.6) is 0 Å². The van der Waals surface area contributed by atoms with Crippen molar-refractivity contribution < 1.29 is 8.42 Å². The van der Waals surface area contributed by atoms with Gasteiger partial charge in [-0.15, -0.1) is 0 Å². The Morgan fingerprint density at radius 2 is 1.62 bits per heavy atom. The van der Waals surface area contributed by atoms with Gasteiger partial charge in [-0.3, -0.25) is 0 Å². The highest BCUT2D eigenvalue weighted by molar-refractivity contribution is 8.13. The first kappa shape index (κ1) is 9.78. The minimum atomic E-state index is -3.30. The molecule has 3 rings (SSSR count). The lowest BCUT2D eigenvalue weighted by atomic mass is 9.62. The van der Waals surface area contributed by atoms with Gasteiger partial charge in [0.1, 0.15) is 0 Å². The molecular weight excluding hydrogens is 208 g/mol. The molecule has 0 aromatic rings. The predicted molar refractivity (Wildman–Crippen MR) is 53.3 cm³/mol. The molecule has 0 aliphatic heterocycles. The molecule has 0 aromatic heterocycles. The minimum Gasteiger partial charge on any atom is -0.212 e. The molecule has 0 heterocycles. The predicted octanol–water partition coefficient (Wildman–Crippen LogP) is 2.53. The Labute approximate surface area is 84.1 Å². The monoisotopic (exact) mass is 222 g/mol. The third-order valence-electron chi connectivity index (χ3n) is 3.73. The van der Waals surface area contributed by atoms with Crippen molar-refractivity contribution in [3.8, 4) is 0 Å². The Morgan fingerprint density at radius 3 is 2.00 bits per heavy atom. The number of hydrogen-bond acceptors (Lipinski definition) is 2. The number of hydrogen-bond donors (Lipinski definition) is 0. The third-order valence-corrected chi connectivity index (χ3v) is 5.01. The first-order chi connectivity index (χ1) is 5.99. The van der Waals surface area contributed by atoms with Gasteiger partial charge in [0.2, 0.25) is 9.05 Å². The van der Waals surface area contributed by atoms with Crippen LogP contribution >= 0.6 is 10.7 Å². The fourth-order valence-corrected chi connectivity index (χ4v) is 4.78. The molecule has 0 aromatic carbocycles. The lowest BCUT2D eigenvalue weighted by molar-refractivity contribution is 0.0864. The van der Waals surface area contributed by atoms with Crippen molar-refractivity contribution >= 4 is 19.7 Å². The summed E-state index contributed by atoms with van der Waals surface area (Å²) < 4.78 is 22.1. The van der Waals surface area contributed by atoms with Crippen molar-refractivity contribution in [1.82, 2.24) is 0 Å². The van der Waals surface area contributed by atoms with E-state index in [1.54, 1.807) is 0 Å². The molecule has 3 saturated carbocycles. The van der Waals surface area contributed by atoms with E-state index in [2.05, 4.69) is 0 Å². The highest BCUT2D eigenvalue weighted by atomic mass is 35.7. The zero-order valence-electron chi connectivity index (χ0n) is 7.63. The van der Waals surface area contributed by atoms with E-state index in [1.807, 2.05) is 0 Å². The van der Waals surface area contributed by atoms with Crippen LogP contribution in [0, 0.1) is 11.3 Å². The van der Waals surface area contributed by atoms with Crippen LogP contribution in [0.4, 0.5) is 0 Å². The molecule has 0 unspecified atom stereocenters. The van der Waals surface area contributed by atoms with E-state index in [0.29, 0.717) is 0 Å². The average molecular weight is 223 g/mol. The molecule has 0 radical (unpaired) electrons. The summed E-state index contributed by atoms with van der Waals surface area (Å²) in [4.78, 5) is 0. The van der Waals surface area contributed by atoms with E-state index in [9.17, 15) is 8.42 Å². The van der Waals surface area contributed by atoms with Crippen LogP contribution in [0.15, 0.2) is 0 Å². The third kappa shape index (κ3) is 2.18. The van der Waals surface area contributed by atoms with Crippen molar-refractivity contribution in [3.05, 3.63) is 0 Å². The lowest BCUT2D eigenvalue weighted by Crippen LogP contribution is -2.38. The SMILES string of the molecule is O=S(=O)(Cl)CC12CCC(CC1)CC2. The van der Waals surface area contributed by atoms with Crippen LogP contribution in [-0.2, 0) is 9.05 Å². The molecule has 0 amide bonds. The van der Waals surface area contributed by atoms with Gasteiger partial charge in [0.05, 0.1) is 5.75 Å². The second kappa shape index (κ2) is 3.13. The first-order valence-electron chi connectivity index (χ1n) is 4.92. The van der Waals surface area contributed by atoms with Crippen LogP contribution in [0.3, 0.4) is 0 Å². The Morgan fingerprint density at radius 1 is 1.15 bits per heavy atom. The Hall–Kier alpha value is 0.240. The average Bonchev–Trinajstić information content (AvgIpc) is 2.03. The summed E-state index contributed by atoms with van der Waals surface area (Å²) >= 11 is 0. The van der Waals surface area contributed by atoms with Crippen molar-refractivity contribution in [2.75, 3.05) is 5.75 Å². The van der Waals surface area contributed by atoms with Crippen LogP contribution < -0.4 is 0 Å². The van der Waals surface area contributed by atoms with Gasteiger partial charge in [-0.1, -0.05) is 0 Å². The molecule has 3 aliphatic rings. The molecule has 0 N–H and O–H groups in total. The number of halogens is 1. The molecule has 4 heteroatoms. The lowest BCUT2D eigenvalue weighted by Gasteiger charge is -2.45. The molecule has 2 nitrogen and oxygen atoms in total. The molecule has 2 bridgehead atoms. The summed E-state index contributed by atoms with van der Waals surface area (Å²) in [5.74, 6) is 1.08. The molecule has 0 saturated heterocycles. The summed E-state index contributed by atoms with van der Waals surface area (Å²) in [6.45, 7) is 0. The summed E-state index contributed by atoms with van der Waals surface area (Å²) in [5, 5.41) is 0.